The van der Waals surface area contributed by atoms with Gasteiger partial charge in [-0.15, -0.1) is 0 Å². The predicted molar refractivity (Wildman–Crippen MR) is 99.5 cm³/mol. The fourth-order valence-corrected chi connectivity index (χ4v) is 4.54. The molecule has 6 nitrogen and oxygen atoms in total. The number of hydrogen-bond donors (Lipinski definition) is 1. The zero-order valence-electron chi connectivity index (χ0n) is 15.1. The van der Waals surface area contributed by atoms with Crippen molar-refractivity contribution in [1.29, 1.82) is 0 Å². The van der Waals surface area contributed by atoms with Crippen molar-refractivity contribution < 1.29 is 9.59 Å². The van der Waals surface area contributed by atoms with Crippen molar-refractivity contribution in [3.8, 4) is 0 Å². The first kappa shape index (κ1) is 17.9. The molecule has 2 N–H and O–H groups in total. The van der Waals surface area contributed by atoms with Crippen molar-refractivity contribution in [2.75, 3.05) is 25.4 Å². The molecule has 2 atom stereocenters. The van der Waals surface area contributed by atoms with Gasteiger partial charge in [0.05, 0.1) is 11.6 Å². The van der Waals surface area contributed by atoms with Crippen LogP contribution in [-0.4, -0.2) is 52.3 Å². The molecule has 4 heterocycles. The number of amides is 2. The second-order valence-corrected chi connectivity index (χ2v) is 8.12. The Labute approximate surface area is 152 Å². The van der Waals surface area contributed by atoms with E-state index < -0.39 is 0 Å². The number of carbonyl (C=O) groups is 2. The number of rotatable bonds is 4. The molecule has 136 valence electrons. The molecule has 1 aromatic heterocycles. The average molecular weight is 362 g/mol. The van der Waals surface area contributed by atoms with Crippen LogP contribution in [0.3, 0.4) is 0 Å². The molecule has 0 radical (unpaired) electrons. The molecule has 3 aliphatic rings. The lowest BCUT2D eigenvalue weighted by Gasteiger charge is -2.35. The minimum atomic E-state index is -0.0939. The van der Waals surface area contributed by atoms with E-state index in [1.807, 2.05) is 30.6 Å². The highest BCUT2D eigenvalue weighted by atomic mass is 32.1. The minimum Gasteiger partial charge on any atom is -0.375 e. The molecule has 2 amide bonds. The van der Waals surface area contributed by atoms with Gasteiger partial charge in [-0.3, -0.25) is 9.59 Å². The second kappa shape index (κ2) is 7.15. The zero-order valence-corrected chi connectivity index (χ0v) is 15.9. The smallest absolute Gasteiger partial charge is 0.266 e. The molecule has 0 unspecified atom stereocenters. The Morgan fingerprint density at radius 2 is 2.12 bits per heavy atom. The number of thiazole rings is 1. The summed E-state index contributed by atoms with van der Waals surface area (Å²) in [6.45, 7) is 7.78. The van der Waals surface area contributed by atoms with Gasteiger partial charge in [0.15, 0.2) is 5.13 Å². The fraction of sp³-hybridized carbons (Fsp3) is 0.611. The van der Waals surface area contributed by atoms with Crippen LogP contribution in [-0.2, 0) is 11.2 Å². The van der Waals surface area contributed by atoms with Crippen molar-refractivity contribution in [2.24, 2.45) is 5.92 Å². The molecule has 4 rings (SSSR count). The third-order valence-electron chi connectivity index (χ3n) is 5.02. The van der Waals surface area contributed by atoms with Gasteiger partial charge >= 0.3 is 0 Å². The predicted octanol–water partition coefficient (Wildman–Crippen LogP) is 2.32. The first-order valence-electron chi connectivity index (χ1n) is 8.89. The molecule has 1 aromatic rings. The van der Waals surface area contributed by atoms with Gasteiger partial charge in [-0.2, -0.15) is 0 Å². The van der Waals surface area contributed by atoms with Crippen LogP contribution in [0.4, 0.5) is 5.13 Å². The molecule has 2 bridgehead atoms. The van der Waals surface area contributed by atoms with Gasteiger partial charge in [0.1, 0.15) is 4.88 Å². The number of fused-ring (bicyclic) bond motifs is 4. The number of anilines is 1. The highest BCUT2D eigenvalue weighted by Crippen LogP contribution is 2.31. The molecule has 3 saturated heterocycles. The Morgan fingerprint density at radius 1 is 1.36 bits per heavy atom. The number of carbonyl (C=O) groups excluding carboxylic acids is 2. The van der Waals surface area contributed by atoms with E-state index >= 15 is 0 Å². The summed E-state index contributed by atoms with van der Waals surface area (Å²) in [7, 11) is 0. The molecule has 0 aliphatic carbocycles. The van der Waals surface area contributed by atoms with Crippen molar-refractivity contribution in [2.45, 2.75) is 46.1 Å². The fourth-order valence-electron chi connectivity index (χ4n) is 3.65. The summed E-state index contributed by atoms with van der Waals surface area (Å²) < 4.78 is 0. The Hall–Kier alpha value is -1.89. The van der Waals surface area contributed by atoms with Gasteiger partial charge < -0.3 is 15.5 Å². The summed E-state index contributed by atoms with van der Waals surface area (Å²) >= 11 is 1.25. The van der Waals surface area contributed by atoms with E-state index in [9.17, 15) is 9.59 Å². The minimum absolute atomic E-state index is 0.0279. The highest BCUT2D eigenvalue weighted by molar-refractivity contribution is 7.17. The SMILES string of the molecule is CCc1nc(N)sc1C(=O)N1C[C@@H]2CC[C@H](C1)N(CC=C(C)C)C2=O. The van der Waals surface area contributed by atoms with E-state index in [-0.39, 0.29) is 23.8 Å². The Bertz CT molecular complexity index is 708. The average Bonchev–Trinajstić information content (AvgIpc) is 2.75. The van der Waals surface area contributed by atoms with Gasteiger partial charge in [-0.1, -0.05) is 29.9 Å². The van der Waals surface area contributed by atoms with Gasteiger partial charge in [0.2, 0.25) is 5.91 Å². The van der Waals surface area contributed by atoms with Crippen LogP contribution in [0.25, 0.3) is 0 Å². The van der Waals surface area contributed by atoms with E-state index in [2.05, 4.69) is 11.1 Å². The molecule has 0 aromatic carbocycles. The summed E-state index contributed by atoms with van der Waals surface area (Å²) in [5.41, 5.74) is 7.76. The maximum atomic E-state index is 13.0. The third kappa shape index (κ3) is 3.56. The maximum absolute atomic E-state index is 13.0. The highest BCUT2D eigenvalue weighted by Gasteiger charge is 2.42. The molecule has 3 fully saturated rings. The van der Waals surface area contributed by atoms with Crippen molar-refractivity contribution in [3.63, 3.8) is 0 Å². The summed E-state index contributed by atoms with van der Waals surface area (Å²) in [6.07, 6.45) is 4.59. The summed E-state index contributed by atoms with van der Waals surface area (Å²) in [5, 5.41) is 0.430. The summed E-state index contributed by atoms with van der Waals surface area (Å²) in [4.78, 5) is 34.5. The molecule has 3 aliphatic heterocycles. The Kier molecular flexibility index (Phi) is 5.13. The first-order valence-corrected chi connectivity index (χ1v) is 9.70. The largest absolute Gasteiger partial charge is 0.375 e. The lowest BCUT2D eigenvalue weighted by Crippen LogP contribution is -2.48. The number of hydrogen-bond acceptors (Lipinski definition) is 5. The van der Waals surface area contributed by atoms with Crippen molar-refractivity contribution in [3.05, 3.63) is 22.2 Å². The van der Waals surface area contributed by atoms with Crippen LogP contribution in [0.15, 0.2) is 11.6 Å². The lowest BCUT2D eigenvalue weighted by atomic mass is 9.94. The standard InChI is InChI=1S/C18H26N4O2S/c1-4-14-15(25-18(19)20-14)17(24)21-9-12-5-6-13(10-21)22(16(12)23)8-7-11(2)3/h7,12-13H,4-6,8-10H2,1-3H3,(H2,19,20)/t12-,13+/m0/s1. The number of nitrogens with zero attached hydrogens (tertiary/aromatic N) is 3. The van der Waals surface area contributed by atoms with E-state index in [1.165, 1.54) is 16.9 Å². The van der Waals surface area contributed by atoms with Gasteiger partial charge in [0, 0.05) is 25.7 Å². The summed E-state index contributed by atoms with van der Waals surface area (Å²) in [6, 6.07) is 0.0983. The first-order chi connectivity index (χ1) is 11.9. The van der Waals surface area contributed by atoms with Crippen LogP contribution >= 0.6 is 11.3 Å². The Morgan fingerprint density at radius 3 is 2.80 bits per heavy atom. The van der Waals surface area contributed by atoms with Gasteiger partial charge in [0.25, 0.3) is 5.91 Å². The number of nitrogen functional groups attached to an aromatic ring is 1. The Balaban J connectivity index is 1.82. The van der Waals surface area contributed by atoms with Gasteiger partial charge in [-0.05, 0) is 33.1 Å². The second-order valence-electron chi connectivity index (χ2n) is 7.09. The number of aromatic nitrogens is 1. The number of aryl methyl sites for hydroxylation is 1. The normalized spacial score (nSPS) is 22.9. The van der Waals surface area contributed by atoms with Crippen LogP contribution in [0.5, 0.6) is 0 Å². The van der Waals surface area contributed by atoms with Crippen LogP contribution < -0.4 is 5.73 Å². The molecule has 0 spiro atoms. The van der Waals surface area contributed by atoms with Crippen LogP contribution in [0.2, 0.25) is 0 Å². The van der Waals surface area contributed by atoms with Gasteiger partial charge in [-0.25, -0.2) is 4.98 Å². The van der Waals surface area contributed by atoms with E-state index in [1.54, 1.807) is 0 Å². The van der Waals surface area contributed by atoms with Crippen molar-refractivity contribution >= 4 is 28.3 Å². The third-order valence-corrected chi connectivity index (χ3v) is 5.93. The van der Waals surface area contributed by atoms with E-state index in [4.69, 9.17) is 5.73 Å². The van der Waals surface area contributed by atoms with Crippen molar-refractivity contribution in [1.82, 2.24) is 14.8 Å². The number of nitrogens with two attached hydrogens (primary N) is 1. The van der Waals surface area contributed by atoms with Crippen LogP contribution in [0, 0.1) is 5.92 Å². The molecule has 0 saturated carbocycles. The lowest BCUT2D eigenvalue weighted by molar-refractivity contribution is -0.139. The molecular weight excluding hydrogens is 336 g/mol. The number of allylic oxidation sites excluding steroid dienone is 1. The number of piperidine rings is 1. The van der Waals surface area contributed by atoms with E-state index in [0.29, 0.717) is 36.1 Å². The molecule has 7 heteroatoms. The molecular formula is C18H26N4O2S. The van der Waals surface area contributed by atoms with Crippen LogP contribution in [0.1, 0.15) is 49.0 Å². The maximum Gasteiger partial charge on any atom is 0.266 e. The zero-order chi connectivity index (χ0) is 18.1. The van der Waals surface area contributed by atoms with E-state index in [0.717, 1.165) is 18.5 Å². The molecule has 25 heavy (non-hydrogen) atoms. The quantitative estimate of drug-likeness (QED) is 0.834. The summed E-state index contributed by atoms with van der Waals surface area (Å²) in [5.74, 6) is 0.0620. The monoisotopic (exact) mass is 362 g/mol. The topological polar surface area (TPSA) is 79.5 Å².